The summed E-state index contributed by atoms with van der Waals surface area (Å²) in [6, 6.07) is 21.5. The van der Waals surface area contributed by atoms with E-state index >= 15 is 0 Å². The Bertz CT molecular complexity index is 815. The smallest absolute Gasteiger partial charge is 0.137 e. The molecule has 21 heavy (non-hydrogen) atoms. The molecule has 0 radical (unpaired) electrons. The quantitative estimate of drug-likeness (QED) is 0.839. The van der Waals surface area contributed by atoms with Crippen molar-refractivity contribution in [1.82, 2.24) is 0 Å². The van der Waals surface area contributed by atoms with E-state index in [0.717, 1.165) is 22.5 Å². The van der Waals surface area contributed by atoms with Crippen molar-refractivity contribution in [2.24, 2.45) is 0 Å². The molecule has 0 heterocycles. The Hall–Kier alpha value is -3.30. The molecule has 98 valence electrons. The van der Waals surface area contributed by atoms with E-state index in [2.05, 4.69) is 5.32 Å². The van der Waals surface area contributed by atoms with Crippen LogP contribution in [0.4, 0.5) is 5.69 Å². The van der Waals surface area contributed by atoms with Gasteiger partial charge in [-0.3, -0.25) is 0 Å². The molecule has 2 aromatic rings. The lowest BCUT2D eigenvalue weighted by Gasteiger charge is -2.08. The first-order valence-corrected chi connectivity index (χ1v) is 6.51. The average molecular weight is 269 g/mol. The van der Waals surface area contributed by atoms with Crippen LogP contribution in [-0.4, -0.2) is 0 Å². The highest BCUT2D eigenvalue weighted by Crippen LogP contribution is 2.37. The molecule has 0 fully saturated rings. The van der Waals surface area contributed by atoms with Gasteiger partial charge in [0.05, 0.1) is 0 Å². The first kappa shape index (κ1) is 12.7. The molecule has 1 aliphatic carbocycles. The van der Waals surface area contributed by atoms with Crippen LogP contribution in [0, 0.1) is 22.7 Å². The highest BCUT2D eigenvalue weighted by molar-refractivity contribution is 6.01. The second-order valence-electron chi connectivity index (χ2n) is 4.61. The minimum absolute atomic E-state index is 0.132. The summed E-state index contributed by atoms with van der Waals surface area (Å²) in [5.41, 5.74) is 4.58. The van der Waals surface area contributed by atoms with Gasteiger partial charge in [-0.1, -0.05) is 42.5 Å². The maximum absolute atomic E-state index is 9.11. The molecular formula is C18H11N3. The Kier molecular flexibility index (Phi) is 3.25. The van der Waals surface area contributed by atoms with Gasteiger partial charge in [0.2, 0.25) is 0 Å². The van der Waals surface area contributed by atoms with Crippen molar-refractivity contribution in [3.8, 4) is 12.1 Å². The van der Waals surface area contributed by atoms with Crippen molar-refractivity contribution in [1.29, 1.82) is 10.5 Å². The molecule has 3 rings (SSSR count). The number of fused-ring (bicyclic) bond motifs is 1. The fourth-order valence-corrected chi connectivity index (χ4v) is 2.39. The van der Waals surface area contributed by atoms with E-state index in [9.17, 15) is 0 Å². The molecule has 3 heteroatoms. The van der Waals surface area contributed by atoms with Crippen LogP contribution in [0.5, 0.6) is 0 Å². The topological polar surface area (TPSA) is 59.6 Å². The van der Waals surface area contributed by atoms with Gasteiger partial charge in [0.25, 0.3) is 0 Å². The highest BCUT2D eigenvalue weighted by Gasteiger charge is 2.21. The molecule has 0 unspecified atom stereocenters. The maximum Gasteiger partial charge on any atom is 0.137 e. The van der Waals surface area contributed by atoms with E-state index in [0.29, 0.717) is 5.57 Å². The van der Waals surface area contributed by atoms with Crippen LogP contribution in [0.25, 0.3) is 11.3 Å². The van der Waals surface area contributed by atoms with Gasteiger partial charge < -0.3 is 5.32 Å². The van der Waals surface area contributed by atoms with E-state index in [4.69, 9.17) is 10.5 Å². The minimum Gasteiger partial charge on any atom is -0.355 e. The normalized spacial score (nSPS) is 11.9. The van der Waals surface area contributed by atoms with Crippen LogP contribution in [0.3, 0.4) is 0 Å². The third-order valence-corrected chi connectivity index (χ3v) is 3.34. The van der Waals surface area contributed by atoms with Crippen molar-refractivity contribution >= 4 is 17.0 Å². The summed E-state index contributed by atoms with van der Waals surface area (Å²) in [7, 11) is 0. The Morgan fingerprint density at radius 1 is 0.810 bits per heavy atom. The fraction of sp³-hybridized carbons (Fsp3) is 0. The zero-order valence-corrected chi connectivity index (χ0v) is 11.2. The predicted octanol–water partition coefficient (Wildman–Crippen LogP) is 3.95. The van der Waals surface area contributed by atoms with Gasteiger partial charge in [-0.25, -0.2) is 0 Å². The molecule has 0 atom stereocenters. The molecular weight excluding hydrogens is 258 g/mol. The van der Waals surface area contributed by atoms with Crippen LogP contribution in [-0.2, 0) is 0 Å². The molecule has 0 saturated carbocycles. The van der Waals surface area contributed by atoms with Crippen LogP contribution < -0.4 is 5.32 Å². The Morgan fingerprint density at radius 3 is 2.10 bits per heavy atom. The third-order valence-electron chi connectivity index (χ3n) is 3.34. The summed E-state index contributed by atoms with van der Waals surface area (Å²) in [5.74, 6) is 0. The van der Waals surface area contributed by atoms with Crippen LogP contribution in [0.2, 0.25) is 0 Å². The number of nitrogens with one attached hydrogen (secondary N) is 1. The molecule has 0 aromatic heterocycles. The zero-order valence-electron chi connectivity index (χ0n) is 11.2. The van der Waals surface area contributed by atoms with Crippen molar-refractivity contribution in [2.45, 2.75) is 0 Å². The van der Waals surface area contributed by atoms with E-state index in [1.807, 2.05) is 72.8 Å². The van der Waals surface area contributed by atoms with E-state index in [1.165, 1.54) is 0 Å². The van der Waals surface area contributed by atoms with Gasteiger partial charge in [0, 0.05) is 22.5 Å². The maximum atomic E-state index is 9.11. The highest BCUT2D eigenvalue weighted by atomic mass is 14.9. The fourth-order valence-electron chi connectivity index (χ4n) is 2.39. The zero-order chi connectivity index (χ0) is 14.7. The Balaban J connectivity index is 2.10. The lowest BCUT2D eigenvalue weighted by Crippen LogP contribution is -1.96. The van der Waals surface area contributed by atoms with Crippen LogP contribution >= 0.6 is 0 Å². The third kappa shape index (κ3) is 2.29. The number of para-hydroxylation sites is 1. The van der Waals surface area contributed by atoms with E-state index < -0.39 is 0 Å². The first-order chi connectivity index (χ1) is 10.3. The minimum atomic E-state index is 0.132. The van der Waals surface area contributed by atoms with E-state index in [1.54, 1.807) is 0 Å². The SMILES string of the molecule is N#CC(C#N)=C1C=C(Nc2ccccc2)c2ccccc21. The van der Waals surface area contributed by atoms with Gasteiger partial charge >= 0.3 is 0 Å². The standard InChI is InChI=1S/C18H11N3/c19-11-13(12-20)17-10-18(16-9-5-4-8-15(16)17)21-14-6-2-1-3-7-14/h1-10,21H. The van der Waals surface area contributed by atoms with Crippen LogP contribution in [0.15, 0.2) is 66.2 Å². The number of benzene rings is 2. The lowest BCUT2D eigenvalue weighted by molar-refractivity contribution is 1.46. The van der Waals surface area contributed by atoms with Crippen molar-refractivity contribution < 1.29 is 0 Å². The number of nitrogens with zero attached hydrogens (tertiary/aromatic N) is 2. The average Bonchev–Trinajstić information content (AvgIpc) is 2.89. The summed E-state index contributed by atoms with van der Waals surface area (Å²) in [5, 5.41) is 21.6. The molecule has 3 nitrogen and oxygen atoms in total. The number of anilines is 1. The Labute approximate surface area is 123 Å². The van der Waals surface area contributed by atoms with Crippen molar-refractivity contribution in [3.63, 3.8) is 0 Å². The second-order valence-corrected chi connectivity index (χ2v) is 4.61. The molecule has 0 bridgehead atoms. The first-order valence-electron chi connectivity index (χ1n) is 6.51. The number of hydrogen-bond acceptors (Lipinski definition) is 3. The summed E-state index contributed by atoms with van der Waals surface area (Å²) < 4.78 is 0. The molecule has 1 aliphatic rings. The number of allylic oxidation sites excluding steroid dienone is 3. The van der Waals surface area contributed by atoms with Crippen LogP contribution in [0.1, 0.15) is 11.1 Å². The van der Waals surface area contributed by atoms with Gasteiger partial charge in [0.15, 0.2) is 0 Å². The summed E-state index contributed by atoms with van der Waals surface area (Å²) >= 11 is 0. The van der Waals surface area contributed by atoms with Gasteiger partial charge in [-0.15, -0.1) is 0 Å². The van der Waals surface area contributed by atoms with E-state index in [-0.39, 0.29) is 5.57 Å². The predicted molar refractivity (Wildman–Crippen MR) is 82.6 cm³/mol. The van der Waals surface area contributed by atoms with Crippen molar-refractivity contribution in [3.05, 3.63) is 77.4 Å². The molecule has 0 amide bonds. The summed E-state index contributed by atoms with van der Waals surface area (Å²) in [6.45, 7) is 0. The summed E-state index contributed by atoms with van der Waals surface area (Å²) in [6.07, 6.45) is 1.86. The largest absolute Gasteiger partial charge is 0.355 e. The molecule has 0 spiro atoms. The number of hydrogen-bond donors (Lipinski definition) is 1. The molecule has 1 N–H and O–H groups in total. The Morgan fingerprint density at radius 2 is 1.43 bits per heavy atom. The number of nitriles is 2. The molecule has 2 aromatic carbocycles. The van der Waals surface area contributed by atoms with Gasteiger partial charge in [-0.2, -0.15) is 10.5 Å². The van der Waals surface area contributed by atoms with Crippen molar-refractivity contribution in [2.75, 3.05) is 5.32 Å². The lowest BCUT2D eigenvalue weighted by atomic mass is 10.0. The summed E-state index contributed by atoms with van der Waals surface area (Å²) in [4.78, 5) is 0. The second kappa shape index (κ2) is 5.36. The monoisotopic (exact) mass is 269 g/mol. The molecule has 0 aliphatic heterocycles. The number of rotatable bonds is 2. The van der Waals surface area contributed by atoms with Gasteiger partial charge in [-0.05, 0) is 23.8 Å². The molecule has 0 saturated heterocycles. The van der Waals surface area contributed by atoms with Gasteiger partial charge in [0.1, 0.15) is 17.7 Å².